The summed E-state index contributed by atoms with van der Waals surface area (Å²) in [6, 6.07) is 14.1. The van der Waals surface area contributed by atoms with E-state index in [0.29, 0.717) is 17.1 Å². The Bertz CT molecular complexity index is 1030. The summed E-state index contributed by atoms with van der Waals surface area (Å²) in [6.45, 7) is 0.641. The lowest BCUT2D eigenvalue weighted by molar-refractivity contribution is 0.628. The van der Waals surface area contributed by atoms with Crippen LogP contribution in [0.3, 0.4) is 0 Å². The first-order chi connectivity index (χ1) is 12.2. The number of halogens is 1. The zero-order valence-corrected chi connectivity index (χ0v) is 13.8. The van der Waals surface area contributed by atoms with Gasteiger partial charge < -0.3 is 0 Å². The molecule has 2 heterocycles. The molecule has 0 aliphatic rings. The van der Waals surface area contributed by atoms with Gasteiger partial charge in [-0.1, -0.05) is 12.1 Å². The molecule has 25 heavy (non-hydrogen) atoms. The Morgan fingerprint density at radius 2 is 1.80 bits per heavy atom. The number of nitrogens with one attached hydrogen (secondary N) is 1. The molecule has 0 saturated heterocycles. The van der Waals surface area contributed by atoms with Crippen molar-refractivity contribution in [3.05, 3.63) is 77.3 Å². The van der Waals surface area contributed by atoms with Gasteiger partial charge in [0.15, 0.2) is 10.6 Å². The van der Waals surface area contributed by atoms with Crippen molar-refractivity contribution >= 4 is 12.2 Å². The zero-order valence-electron chi connectivity index (χ0n) is 13.0. The van der Waals surface area contributed by atoms with Crippen LogP contribution in [0.4, 0.5) is 4.39 Å². The SMILES string of the molecule is Fc1ccc(-c2n[nH]c(=S)n2-c2ccc(Cn3cncn3)cc2)cc1. The van der Waals surface area contributed by atoms with E-state index in [1.54, 1.807) is 23.1 Å². The number of hydrogen-bond donors (Lipinski definition) is 1. The van der Waals surface area contributed by atoms with Crippen LogP contribution in [0.5, 0.6) is 0 Å². The number of hydrogen-bond acceptors (Lipinski definition) is 4. The summed E-state index contributed by atoms with van der Waals surface area (Å²) < 4.78 is 17.2. The molecule has 0 atom stereocenters. The smallest absolute Gasteiger partial charge is 0.200 e. The second-order valence-corrected chi connectivity index (χ2v) is 5.84. The minimum absolute atomic E-state index is 0.290. The van der Waals surface area contributed by atoms with Crippen molar-refractivity contribution in [2.75, 3.05) is 0 Å². The van der Waals surface area contributed by atoms with Gasteiger partial charge >= 0.3 is 0 Å². The number of aromatic nitrogens is 6. The van der Waals surface area contributed by atoms with Crippen molar-refractivity contribution in [2.24, 2.45) is 0 Å². The molecule has 0 fully saturated rings. The van der Waals surface area contributed by atoms with E-state index in [4.69, 9.17) is 12.2 Å². The van der Waals surface area contributed by atoms with E-state index in [0.717, 1.165) is 16.8 Å². The van der Waals surface area contributed by atoms with Crippen LogP contribution in [0, 0.1) is 10.6 Å². The average Bonchev–Trinajstić information content (AvgIpc) is 3.26. The lowest BCUT2D eigenvalue weighted by atomic mass is 10.2. The van der Waals surface area contributed by atoms with Crippen molar-refractivity contribution in [2.45, 2.75) is 6.54 Å². The molecule has 4 aromatic rings. The van der Waals surface area contributed by atoms with Gasteiger partial charge in [-0.2, -0.15) is 10.2 Å². The first-order valence-corrected chi connectivity index (χ1v) is 7.96. The molecule has 0 radical (unpaired) electrons. The molecule has 0 amide bonds. The third kappa shape index (κ3) is 3.11. The van der Waals surface area contributed by atoms with Crippen LogP contribution >= 0.6 is 12.2 Å². The maximum Gasteiger partial charge on any atom is 0.200 e. The fourth-order valence-corrected chi connectivity index (χ4v) is 2.82. The molecule has 2 aromatic carbocycles. The van der Waals surface area contributed by atoms with E-state index in [1.165, 1.54) is 18.5 Å². The highest BCUT2D eigenvalue weighted by Gasteiger charge is 2.11. The van der Waals surface area contributed by atoms with Crippen LogP contribution in [-0.2, 0) is 6.54 Å². The molecule has 0 spiro atoms. The van der Waals surface area contributed by atoms with E-state index >= 15 is 0 Å². The standard InChI is InChI=1S/C17H13FN6S/c18-14-5-3-13(4-6-14)16-21-22-17(25)24(16)15-7-1-12(2-8-15)9-23-11-19-10-20-23/h1-8,10-11H,9H2,(H,22,25). The predicted molar refractivity (Wildman–Crippen MR) is 93.3 cm³/mol. The summed E-state index contributed by atoms with van der Waals surface area (Å²) in [7, 11) is 0. The van der Waals surface area contributed by atoms with Crippen molar-refractivity contribution in [3.63, 3.8) is 0 Å². The Balaban J connectivity index is 1.69. The highest BCUT2D eigenvalue weighted by Crippen LogP contribution is 2.22. The largest absolute Gasteiger partial charge is 0.268 e. The minimum Gasteiger partial charge on any atom is -0.268 e. The van der Waals surface area contributed by atoms with Gasteiger partial charge in [0.05, 0.1) is 6.54 Å². The van der Waals surface area contributed by atoms with Crippen LogP contribution in [-0.4, -0.2) is 29.5 Å². The number of nitrogens with zero attached hydrogens (tertiary/aromatic N) is 5. The maximum absolute atomic E-state index is 13.2. The molecule has 0 saturated carbocycles. The Morgan fingerprint density at radius 3 is 2.48 bits per heavy atom. The summed E-state index contributed by atoms with van der Waals surface area (Å²) in [6.07, 6.45) is 3.18. The molecule has 4 rings (SSSR count). The van der Waals surface area contributed by atoms with E-state index in [9.17, 15) is 4.39 Å². The highest BCUT2D eigenvalue weighted by molar-refractivity contribution is 7.71. The summed E-state index contributed by atoms with van der Waals surface area (Å²) in [4.78, 5) is 3.93. The Kier molecular flexibility index (Phi) is 3.95. The summed E-state index contributed by atoms with van der Waals surface area (Å²) >= 11 is 5.36. The summed E-state index contributed by atoms with van der Waals surface area (Å²) in [5.41, 5.74) is 2.74. The van der Waals surface area contributed by atoms with Crippen LogP contribution < -0.4 is 0 Å². The van der Waals surface area contributed by atoms with E-state index in [-0.39, 0.29) is 5.82 Å². The molecule has 0 aliphatic heterocycles. The van der Waals surface area contributed by atoms with Gasteiger partial charge in [0.1, 0.15) is 18.5 Å². The van der Waals surface area contributed by atoms with Crippen molar-refractivity contribution in [1.29, 1.82) is 0 Å². The first-order valence-electron chi connectivity index (χ1n) is 7.56. The van der Waals surface area contributed by atoms with Gasteiger partial charge in [0, 0.05) is 11.3 Å². The van der Waals surface area contributed by atoms with Crippen LogP contribution in [0.15, 0.2) is 61.2 Å². The van der Waals surface area contributed by atoms with Gasteiger partial charge in [-0.25, -0.2) is 14.1 Å². The third-order valence-electron chi connectivity index (χ3n) is 3.78. The summed E-state index contributed by atoms with van der Waals surface area (Å²) in [5.74, 6) is 0.343. The fraction of sp³-hybridized carbons (Fsp3) is 0.0588. The van der Waals surface area contributed by atoms with Gasteiger partial charge in [-0.05, 0) is 54.2 Å². The molecule has 8 heteroatoms. The molecule has 2 aromatic heterocycles. The normalized spacial score (nSPS) is 10.9. The van der Waals surface area contributed by atoms with E-state index in [2.05, 4.69) is 20.3 Å². The van der Waals surface area contributed by atoms with Gasteiger partial charge in [-0.15, -0.1) is 0 Å². The average molecular weight is 352 g/mol. The molecule has 0 unspecified atom stereocenters. The zero-order chi connectivity index (χ0) is 17.2. The lowest BCUT2D eigenvalue weighted by Crippen LogP contribution is -2.01. The molecule has 1 N–H and O–H groups in total. The molecular formula is C17H13FN6S. The minimum atomic E-state index is -0.290. The van der Waals surface area contributed by atoms with E-state index in [1.807, 2.05) is 28.8 Å². The molecule has 6 nitrogen and oxygen atoms in total. The van der Waals surface area contributed by atoms with Crippen molar-refractivity contribution in [3.8, 4) is 17.1 Å². The third-order valence-corrected chi connectivity index (χ3v) is 4.05. The lowest BCUT2D eigenvalue weighted by Gasteiger charge is -2.08. The fourth-order valence-electron chi connectivity index (χ4n) is 2.58. The second-order valence-electron chi connectivity index (χ2n) is 5.45. The quantitative estimate of drug-likeness (QED) is 0.572. The second kappa shape index (κ2) is 6.40. The number of H-pyrrole nitrogens is 1. The van der Waals surface area contributed by atoms with Crippen molar-refractivity contribution < 1.29 is 4.39 Å². The summed E-state index contributed by atoms with van der Waals surface area (Å²) in [5, 5.41) is 11.2. The Morgan fingerprint density at radius 1 is 1.04 bits per heavy atom. The molecule has 0 bridgehead atoms. The highest BCUT2D eigenvalue weighted by atomic mass is 32.1. The van der Waals surface area contributed by atoms with Gasteiger partial charge in [0.25, 0.3) is 0 Å². The topological polar surface area (TPSA) is 64.3 Å². The Labute approximate surface area is 147 Å². The maximum atomic E-state index is 13.2. The van der Waals surface area contributed by atoms with Gasteiger partial charge in [-0.3, -0.25) is 9.67 Å². The first kappa shape index (κ1) is 15.4. The van der Waals surface area contributed by atoms with E-state index < -0.39 is 0 Å². The molecule has 0 aliphatic carbocycles. The number of benzene rings is 2. The monoisotopic (exact) mass is 352 g/mol. The number of aromatic amines is 1. The molecule has 124 valence electrons. The van der Waals surface area contributed by atoms with Crippen molar-refractivity contribution in [1.82, 2.24) is 29.5 Å². The van der Waals surface area contributed by atoms with Crippen LogP contribution in [0.2, 0.25) is 0 Å². The van der Waals surface area contributed by atoms with Crippen LogP contribution in [0.1, 0.15) is 5.56 Å². The van der Waals surface area contributed by atoms with Crippen LogP contribution in [0.25, 0.3) is 17.1 Å². The van der Waals surface area contributed by atoms with Gasteiger partial charge in [0.2, 0.25) is 0 Å². The molecular weight excluding hydrogens is 339 g/mol. The Hall–Kier alpha value is -3.13. The predicted octanol–water partition coefficient (Wildman–Crippen LogP) is 3.38. The number of rotatable bonds is 4.